The molecule has 1 aromatic heterocycles. The summed E-state index contributed by atoms with van der Waals surface area (Å²) in [5.74, 6) is 0.0905. The Labute approximate surface area is 195 Å². The molecule has 0 atom stereocenters. The Morgan fingerprint density at radius 2 is 1.76 bits per heavy atom. The molecule has 4 rings (SSSR count). The number of carbonyl (C=O) groups is 2. The normalized spacial score (nSPS) is 12.5. The first-order valence-electron chi connectivity index (χ1n) is 9.89. The number of pyridine rings is 1. The molecule has 1 aliphatic rings. The first-order chi connectivity index (χ1) is 16.4. The number of methoxy groups -OCH3 is 1. The van der Waals surface area contributed by atoms with Crippen molar-refractivity contribution in [2.45, 2.75) is 4.90 Å². The standard InChI is InChI=1S/C23H19N3O7S/c1-31-20-7-4-17(18(27)5-2-15-3-6-19-21(12-15)33-14-32-19)13-22(20)34(29,30)26-25-23(28)16-8-10-24-11-9-16/h2-13,26H,14H2,1H3,(H,25,28)/b5-2+. The highest BCUT2D eigenvalue weighted by Gasteiger charge is 2.22. The number of fused-ring (bicyclic) bond motifs is 1. The van der Waals surface area contributed by atoms with Crippen molar-refractivity contribution in [3.63, 3.8) is 0 Å². The van der Waals surface area contributed by atoms with Crippen molar-refractivity contribution in [1.29, 1.82) is 0 Å². The molecule has 1 amide bonds. The molecule has 11 heteroatoms. The third kappa shape index (κ3) is 5.05. The summed E-state index contributed by atoms with van der Waals surface area (Å²) in [4.78, 5) is 30.4. The SMILES string of the molecule is COc1ccc(C(=O)/C=C/c2ccc3c(c2)OCO3)cc1S(=O)(=O)NNC(=O)c1ccncc1. The van der Waals surface area contributed by atoms with Gasteiger partial charge in [-0.3, -0.25) is 20.0 Å². The fourth-order valence-electron chi connectivity index (χ4n) is 3.07. The van der Waals surface area contributed by atoms with Crippen LogP contribution in [0.15, 0.2) is 71.9 Å². The molecule has 0 unspecified atom stereocenters. The minimum absolute atomic E-state index is 0.00182. The Morgan fingerprint density at radius 1 is 1.00 bits per heavy atom. The molecule has 10 nitrogen and oxygen atoms in total. The van der Waals surface area contributed by atoms with Gasteiger partial charge in [-0.1, -0.05) is 12.1 Å². The Hall–Kier alpha value is -4.22. The van der Waals surface area contributed by atoms with Crippen LogP contribution in [0.25, 0.3) is 6.08 Å². The summed E-state index contributed by atoms with van der Waals surface area (Å²) < 4.78 is 41.4. The van der Waals surface area contributed by atoms with E-state index in [0.717, 1.165) is 0 Å². The van der Waals surface area contributed by atoms with Gasteiger partial charge in [-0.25, -0.2) is 8.42 Å². The van der Waals surface area contributed by atoms with Crippen LogP contribution < -0.4 is 24.5 Å². The molecular weight excluding hydrogens is 462 g/mol. The molecule has 34 heavy (non-hydrogen) atoms. The molecule has 174 valence electrons. The fraction of sp³-hybridized carbons (Fsp3) is 0.0870. The maximum Gasteiger partial charge on any atom is 0.266 e. The van der Waals surface area contributed by atoms with Crippen LogP contribution in [0.2, 0.25) is 0 Å². The van der Waals surface area contributed by atoms with Crippen molar-refractivity contribution in [2.75, 3.05) is 13.9 Å². The summed E-state index contributed by atoms with van der Waals surface area (Å²) in [6, 6.07) is 12.1. The zero-order valence-corrected chi connectivity index (χ0v) is 18.7. The van der Waals surface area contributed by atoms with Gasteiger partial charge < -0.3 is 14.2 Å². The number of hydrogen-bond donors (Lipinski definition) is 2. The molecule has 0 radical (unpaired) electrons. The molecule has 0 bridgehead atoms. The van der Waals surface area contributed by atoms with Gasteiger partial charge in [-0.15, -0.1) is 4.83 Å². The van der Waals surface area contributed by atoms with E-state index in [1.54, 1.807) is 24.3 Å². The lowest BCUT2D eigenvalue weighted by Gasteiger charge is -2.12. The number of amides is 1. The van der Waals surface area contributed by atoms with Crippen LogP contribution in [-0.4, -0.2) is 39.0 Å². The zero-order chi connectivity index (χ0) is 24.1. The van der Waals surface area contributed by atoms with Crippen LogP contribution in [0.1, 0.15) is 26.3 Å². The third-order valence-electron chi connectivity index (χ3n) is 4.80. The van der Waals surface area contributed by atoms with Crippen molar-refractivity contribution in [3.05, 3.63) is 83.7 Å². The average molecular weight is 481 g/mol. The summed E-state index contributed by atoms with van der Waals surface area (Å²) in [5, 5.41) is 0. The van der Waals surface area contributed by atoms with E-state index in [1.807, 2.05) is 4.83 Å². The minimum atomic E-state index is -4.27. The van der Waals surface area contributed by atoms with Crippen LogP contribution in [0.3, 0.4) is 0 Å². The Balaban J connectivity index is 1.52. The summed E-state index contributed by atoms with van der Waals surface area (Å²) in [5.41, 5.74) is 3.15. The van der Waals surface area contributed by atoms with Gasteiger partial charge >= 0.3 is 0 Å². The number of carbonyl (C=O) groups excluding carboxylic acids is 2. The van der Waals surface area contributed by atoms with E-state index in [2.05, 4.69) is 10.4 Å². The first kappa shape index (κ1) is 23.0. The predicted octanol–water partition coefficient (Wildman–Crippen LogP) is 2.34. The quantitative estimate of drug-likeness (QED) is 0.285. The number of aromatic nitrogens is 1. The highest BCUT2D eigenvalue weighted by atomic mass is 32.2. The number of hydrogen-bond acceptors (Lipinski definition) is 8. The lowest BCUT2D eigenvalue weighted by Crippen LogP contribution is -2.41. The molecule has 0 fully saturated rings. The smallest absolute Gasteiger partial charge is 0.266 e. The van der Waals surface area contributed by atoms with Gasteiger partial charge in [0, 0.05) is 23.5 Å². The number of hydrazine groups is 1. The van der Waals surface area contributed by atoms with Crippen LogP contribution in [0.5, 0.6) is 17.2 Å². The second-order valence-electron chi connectivity index (χ2n) is 6.97. The van der Waals surface area contributed by atoms with E-state index in [0.29, 0.717) is 17.1 Å². The largest absolute Gasteiger partial charge is 0.495 e. The van der Waals surface area contributed by atoms with E-state index in [-0.39, 0.29) is 28.6 Å². The predicted molar refractivity (Wildman–Crippen MR) is 121 cm³/mol. The van der Waals surface area contributed by atoms with Crippen LogP contribution in [0.4, 0.5) is 0 Å². The van der Waals surface area contributed by atoms with E-state index < -0.39 is 21.7 Å². The summed E-state index contributed by atoms with van der Waals surface area (Å²) in [7, 11) is -2.97. The lowest BCUT2D eigenvalue weighted by molar-refractivity contribution is 0.0944. The average Bonchev–Trinajstić information content (AvgIpc) is 3.34. The topological polar surface area (TPSA) is 133 Å². The van der Waals surface area contributed by atoms with Gasteiger partial charge in [0.15, 0.2) is 17.3 Å². The Kier molecular flexibility index (Phi) is 6.57. The first-order valence-corrected chi connectivity index (χ1v) is 11.4. The lowest BCUT2D eigenvalue weighted by atomic mass is 10.1. The Bertz CT molecular complexity index is 1370. The number of allylic oxidation sites excluding steroid dienone is 1. The number of ether oxygens (including phenoxy) is 3. The van der Waals surface area contributed by atoms with Crippen LogP contribution >= 0.6 is 0 Å². The van der Waals surface area contributed by atoms with Gasteiger partial charge in [0.1, 0.15) is 10.6 Å². The highest BCUT2D eigenvalue weighted by molar-refractivity contribution is 7.89. The molecular formula is C23H19N3O7S. The summed E-state index contributed by atoms with van der Waals surface area (Å²) in [6.45, 7) is 0.140. The van der Waals surface area contributed by atoms with E-state index >= 15 is 0 Å². The number of nitrogens with zero attached hydrogens (tertiary/aromatic N) is 1. The Morgan fingerprint density at radius 3 is 2.53 bits per heavy atom. The number of benzene rings is 2. The van der Waals surface area contributed by atoms with Crippen LogP contribution in [0, 0.1) is 0 Å². The van der Waals surface area contributed by atoms with Crippen molar-refractivity contribution in [3.8, 4) is 17.2 Å². The summed E-state index contributed by atoms with van der Waals surface area (Å²) in [6.07, 6.45) is 5.70. The van der Waals surface area contributed by atoms with E-state index in [4.69, 9.17) is 14.2 Å². The number of nitrogens with one attached hydrogen (secondary N) is 2. The molecule has 0 saturated heterocycles. The highest BCUT2D eigenvalue weighted by Crippen LogP contribution is 2.33. The van der Waals surface area contributed by atoms with Crippen molar-refractivity contribution in [2.24, 2.45) is 0 Å². The van der Waals surface area contributed by atoms with Crippen molar-refractivity contribution < 1.29 is 32.2 Å². The summed E-state index contributed by atoms with van der Waals surface area (Å²) >= 11 is 0. The molecule has 2 heterocycles. The van der Waals surface area contributed by atoms with Crippen molar-refractivity contribution >= 4 is 27.8 Å². The van der Waals surface area contributed by atoms with Gasteiger partial charge in [0.05, 0.1) is 7.11 Å². The number of ketones is 1. The van der Waals surface area contributed by atoms with Gasteiger partial charge in [0.25, 0.3) is 15.9 Å². The minimum Gasteiger partial charge on any atom is -0.495 e. The third-order valence-corrected chi connectivity index (χ3v) is 6.07. The van der Waals surface area contributed by atoms with Gasteiger partial charge in [-0.05, 0) is 54.1 Å². The number of sulfonamides is 1. The van der Waals surface area contributed by atoms with E-state index in [9.17, 15) is 18.0 Å². The molecule has 1 aliphatic heterocycles. The molecule has 3 aromatic rings. The molecule has 0 saturated carbocycles. The maximum absolute atomic E-state index is 12.8. The van der Waals surface area contributed by atoms with Crippen LogP contribution in [-0.2, 0) is 10.0 Å². The van der Waals surface area contributed by atoms with Crippen molar-refractivity contribution in [1.82, 2.24) is 15.2 Å². The second-order valence-corrected chi connectivity index (χ2v) is 8.62. The van der Waals surface area contributed by atoms with E-state index in [1.165, 1.54) is 55.9 Å². The molecule has 2 N–H and O–H groups in total. The van der Waals surface area contributed by atoms with Gasteiger partial charge in [-0.2, -0.15) is 0 Å². The maximum atomic E-state index is 12.8. The zero-order valence-electron chi connectivity index (χ0n) is 17.8. The molecule has 0 spiro atoms. The monoisotopic (exact) mass is 481 g/mol. The fourth-order valence-corrected chi connectivity index (χ4v) is 4.10. The molecule has 0 aliphatic carbocycles. The number of rotatable bonds is 8. The van der Waals surface area contributed by atoms with Gasteiger partial charge in [0.2, 0.25) is 6.79 Å². The second kappa shape index (κ2) is 9.73. The molecule has 2 aromatic carbocycles.